The molecule has 1 saturated heterocycles. The highest BCUT2D eigenvalue weighted by molar-refractivity contribution is 7.84. The van der Waals surface area contributed by atoms with Gasteiger partial charge in [-0.2, -0.15) is 5.26 Å². The second kappa shape index (κ2) is 15.4. The lowest BCUT2D eigenvalue weighted by Crippen LogP contribution is -2.57. The molecule has 3 heterocycles. The van der Waals surface area contributed by atoms with Crippen LogP contribution in [0.2, 0.25) is 0 Å². The fourth-order valence-electron chi connectivity index (χ4n) is 4.73. The van der Waals surface area contributed by atoms with Crippen LogP contribution in [0.5, 0.6) is 0 Å². The fourth-order valence-corrected chi connectivity index (χ4v) is 5.96. The van der Waals surface area contributed by atoms with E-state index in [-0.39, 0.29) is 18.9 Å². The molecule has 4 rings (SSSR count). The van der Waals surface area contributed by atoms with Crippen LogP contribution >= 0.6 is 24.0 Å². The zero-order chi connectivity index (χ0) is 31.7. The summed E-state index contributed by atoms with van der Waals surface area (Å²) in [5, 5.41) is 19.9. The molecule has 0 aliphatic carbocycles. The minimum Gasteiger partial charge on any atom is -0.481 e. The van der Waals surface area contributed by atoms with Crippen LogP contribution in [0, 0.1) is 11.3 Å². The summed E-state index contributed by atoms with van der Waals surface area (Å²) in [6, 6.07) is 15.8. The number of benzene rings is 1. The van der Waals surface area contributed by atoms with E-state index in [1.807, 2.05) is 53.9 Å². The van der Waals surface area contributed by atoms with Crippen molar-refractivity contribution >= 4 is 53.5 Å². The molecule has 1 aromatic carbocycles. The van der Waals surface area contributed by atoms with Gasteiger partial charge in [-0.1, -0.05) is 36.4 Å². The van der Waals surface area contributed by atoms with E-state index in [0.717, 1.165) is 23.1 Å². The molecule has 0 saturated carbocycles. The highest BCUT2D eigenvalue weighted by atomic mass is 32.1. The standard InChI is InChI=1S/C28H28N2O7S2.C2H4O2/c1-16(31)34-15-24-27(36-18(3)33)23(35-17(2)32)13-26(37-24)30-22(19-8-5-4-6-9-19)12-20(21(14-29)28(30)38)25-10-7-11-39-25;1-2(3)4/h4-12,20,23-24,26-27,38H,13,15H2,1-3H3;1H3,(H,3,4). The maximum absolute atomic E-state index is 12.0. The third-order valence-electron chi connectivity index (χ3n) is 6.26. The van der Waals surface area contributed by atoms with E-state index in [2.05, 4.69) is 6.07 Å². The SMILES string of the molecule is CC(=O)O.CC(=O)OCC1OC(N2C(c3ccccc3)=CC(c3cccs3)C(C#N)=C2S)CC(OC(C)=O)C1OC(C)=O. The lowest BCUT2D eigenvalue weighted by Gasteiger charge is -2.46. The Bertz CT molecular complexity index is 1410. The van der Waals surface area contributed by atoms with Crippen LogP contribution in [0.15, 0.2) is 64.5 Å². The first-order chi connectivity index (χ1) is 20.4. The first-order valence-corrected chi connectivity index (χ1v) is 14.5. The second-order valence-electron chi connectivity index (χ2n) is 9.54. The van der Waals surface area contributed by atoms with Crippen LogP contribution in [-0.2, 0) is 38.1 Å². The monoisotopic (exact) mass is 628 g/mol. The Hall–Kier alpha value is -4.12. The molecule has 11 nitrogen and oxygen atoms in total. The van der Waals surface area contributed by atoms with Crippen molar-refractivity contribution in [2.45, 2.75) is 64.6 Å². The number of esters is 3. The van der Waals surface area contributed by atoms with Crippen LogP contribution in [0.3, 0.4) is 0 Å². The van der Waals surface area contributed by atoms with Gasteiger partial charge in [0.05, 0.1) is 22.6 Å². The van der Waals surface area contributed by atoms with Crippen molar-refractivity contribution in [3.8, 4) is 6.07 Å². The number of carbonyl (C=O) groups excluding carboxylic acids is 3. The van der Waals surface area contributed by atoms with Crippen molar-refractivity contribution < 1.29 is 43.2 Å². The van der Waals surface area contributed by atoms with E-state index in [0.29, 0.717) is 10.6 Å². The van der Waals surface area contributed by atoms with Crippen molar-refractivity contribution in [2.75, 3.05) is 6.61 Å². The van der Waals surface area contributed by atoms with Gasteiger partial charge in [0.25, 0.3) is 5.97 Å². The summed E-state index contributed by atoms with van der Waals surface area (Å²) in [7, 11) is 0. The molecule has 1 aromatic heterocycles. The Morgan fingerprint density at radius 1 is 1.05 bits per heavy atom. The van der Waals surface area contributed by atoms with Crippen LogP contribution in [-0.4, -0.2) is 65.0 Å². The van der Waals surface area contributed by atoms with Crippen molar-refractivity contribution in [2.24, 2.45) is 0 Å². The smallest absolute Gasteiger partial charge is 0.303 e. The molecule has 13 heteroatoms. The molecule has 228 valence electrons. The minimum atomic E-state index is -1.02. The van der Waals surface area contributed by atoms with Crippen LogP contribution < -0.4 is 0 Å². The maximum atomic E-state index is 12.0. The average Bonchev–Trinajstić information content (AvgIpc) is 3.47. The highest BCUT2D eigenvalue weighted by Crippen LogP contribution is 2.45. The predicted molar refractivity (Wildman–Crippen MR) is 159 cm³/mol. The molecule has 5 atom stereocenters. The molecular formula is C30H32N2O9S2. The molecular weight excluding hydrogens is 596 g/mol. The van der Waals surface area contributed by atoms with E-state index in [1.54, 1.807) is 4.90 Å². The van der Waals surface area contributed by atoms with Crippen LogP contribution in [0.1, 0.15) is 50.5 Å². The molecule has 0 radical (unpaired) electrons. The average molecular weight is 629 g/mol. The number of aliphatic carboxylic acids is 1. The lowest BCUT2D eigenvalue weighted by molar-refractivity contribution is -0.228. The van der Waals surface area contributed by atoms with Crippen molar-refractivity contribution in [1.29, 1.82) is 5.26 Å². The van der Waals surface area contributed by atoms with Crippen LogP contribution in [0.25, 0.3) is 5.70 Å². The number of carboxylic acid groups (broad SMARTS) is 1. The number of ether oxygens (including phenoxy) is 4. The number of carboxylic acids is 1. The summed E-state index contributed by atoms with van der Waals surface area (Å²) in [6.07, 6.45) is -1.62. The Morgan fingerprint density at radius 2 is 1.70 bits per heavy atom. The molecule has 2 aliphatic rings. The number of thiophene rings is 1. The number of rotatable bonds is 7. The van der Waals surface area contributed by atoms with Gasteiger partial charge in [0.1, 0.15) is 25.0 Å². The molecule has 2 aliphatic heterocycles. The molecule has 0 bridgehead atoms. The van der Waals surface area contributed by atoms with Gasteiger partial charge in [-0.15, -0.1) is 24.0 Å². The van der Waals surface area contributed by atoms with Crippen molar-refractivity contribution in [3.05, 3.63) is 75.0 Å². The number of allylic oxidation sites excluding steroid dienone is 2. The first kappa shape index (κ1) is 33.4. The molecule has 5 unspecified atom stereocenters. The second-order valence-corrected chi connectivity index (χ2v) is 10.9. The Morgan fingerprint density at radius 3 is 2.23 bits per heavy atom. The fraction of sp³-hybridized carbons (Fsp3) is 0.367. The zero-order valence-corrected chi connectivity index (χ0v) is 25.7. The van der Waals surface area contributed by atoms with Gasteiger partial charge in [0.15, 0.2) is 6.10 Å². The lowest BCUT2D eigenvalue weighted by atomic mass is 9.91. The number of nitriles is 1. The van der Waals surface area contributed by atoms with Gasteiger partial charge in [-0.3, -0.25) is 19.2 Å². The minimum absolute atomic E-state index is 0.0880. The zero-order valence-electron chi connectivity index (χ0n) is 24.0. The number of hydrogen-bond acceptors (Lipinski definition) is 12. The topological polar surface area (TPSA) is 152 Å². The number of thiol groups is 1. The maximum Gasteiger partial charge on any atom is 0.303 e. The first-order valence-electron chi connectivity index (χ1n) is 13.2. The van der Waals surface area contributed by atoms with Gasteiger partial charge >= 0.3 is 17.9 Å². The molecule has 0 amide bonds. The summed E-state index contributed by atoms with van der Waals surface area (Å²) in [6.45, 7) is 4.59. The van der Waals surface area contributed by atoms with Gasteiger partial charge in [-0.05, 0) is 23.1 Å². The Kier molecular flexibility index (Phi) is 11.9. The van der Waals surface area contributed by atoms with E-state index >= 15 is 0 Å². The van der Waals surface area contributed by atoms with Crippen LogP contribution in [0.4, 0.5) is 0 Å². The summed E-state index contributed by atoms with van der Waals surface area (Å²) >= 11 is 6.36. The summed E-state index contributed by atoms with van der Waals surface area (Å²) < 4.78 is 22.7. The van der Waals surface area contributed by atoms with Gasteiger partial charge in [0, 0.05) is 44.7 Å². The third kappa shape index (κ3) is 8.93. The molecule has 43 heavy (non-hydrogen) atoms. The molecule has 1 N–H and O–H groups in total. The number of nitrogens with zero attached hydrogens (tertiary/aromatic N) is 2. The third-order valence-corrected chi connectivity index (χ3v) is 7.67. The summed E-state index contributed by atoms with van der Waals surface area (Å²) in [5.41, 5.74) is 2.02. The van der Waals surface area contributed by atoms with E-state index in [1.165, 1.54) is 32.1 Å². The summed E-state index contributed by atoms with van der Waals surface area (Å²) in [5.74, 6) is -2.88. The predicted octanol–water partition coefficient (Wildman–Crippen LogP) is 4.49. The van der Waals surface area contributed by atoms with E-state index < -0.39 is 48.4 Å². The Balaban J connectivity index is 0.00000119. The van der Waals surface area contributed by atoms with Crippen molar-refractivity contribution in [3.63, 3.8) is 0 Å². The van der Waals surface area contributed by atoms with Gasteiger partial charge in [0.2, 0.25) is 0 Å². The van der Waals surface area contributed by atoms with Gasteiger partial charge < -0.3 is 29.0 Å². The van der Waals surface area contributed by atoms with E-state index in [4.69, 9.17) is 41.5 Å². The quantitative estimate of drug-likeness (QED) is 0.253. The summed E-state index contributed by atoms with van der Waals surface area (Å²) in [4.78, 5) is 47.4. The Labute approximate surface area is 258 Å². The molecule has 2 aromatic rings. The number of hydrogen-bond donors (Lipinski definition) is 2. The normalized spacial score (nSPS) is 23.1. The van der Waals surface area contributed by atoms with Crippen molar-refractivity contribution in [1.82, 2.24) is 4.90 Å². The van der Waals surface area contributed by atoms with E-state index in [9.17, 15) is 19.6 Å². The molecule has 1 fully saturated rings. The molecule has 0 spiro atoms. The number of carbonyl (C=O) groups is 4. The largest absolute Gasteiger partial charge is 0.481 e. The highest BCUT2D eigenvalue weighted by Gasteiger charge is 2.47. The van der Waals surface area contributed by atoms with Gasteiger partial charge in [-0.25, -0.2) is 0 Å².